The third-order valence-electron chi connectivity index (χ3n) is 21.8. The van der Waals surface area contributed by atoms with Crippen LogP contribution in [0.4, 0.5) is 52.7 Å². The molecule has 0 bridgehead atoms. The Kier molecular flexibility index (Phi) is 84.5. The molecule has 4 aliphatic rings. The van der Waals surface area contributed by atoms with E-state index in [2.05, 4.69) is 117 Å². The van der Waals surface area contributed by atoms with Gasteiger partial charge in [-0.2, -0.15) is 52.7 Å². The van der Waals surface area contributed by atoms with Crippen LogP contribution >= 0.6 is 45.7 Å². The van der Waals surface area contributed by atoms with Crippen LogP contribution in [0.25, 0.3) is 44.5 Å². The fourth-order valence-corrected chi connectivity index (χ4v) is 16.3. The van der Waals surface area contributed by atoms with Crippen LogP contribution in [0.1, 0.15) is 266 Å². The van der Waals surface area contributed by atoms with Gasteiger partial charge in [0.1, 0.15) is 39.4 Å². The van der Waals surface area contributed by atoms with Crippen LogP contribution in [0.3, 0.4) is 0 Å². The van der Waals surface area contributed by atoms with Crippen LogP contribution in [0.5, 0.6) is 0 Å². The van der Waals surface area contributed by atoms with Gasteiger partial charge in [0, 0.05) is 225 Å². The number of fused-ring (bicyclic) bond motifs is 12. The summed E-state index contributed by atoms with van der Waals surface area (Å²) in [4.78, 5) is 20.6. The maximum Gasteiger partial charge on any atom is 0.426 e. The minimum Gasteiger partial charge on any atom is -0.480 e. The Hall–Kier alpha value is -2.48. The van der Waals surface area contributed by atoms with Gasteiger partial charge in [-0.15, -0.1) is 0 Å². The monoisotopic (exact) mass is 3370 g/mol. The summed E-state index contributed by atoms with van der Waals surface area (Å²) in [6.07, 6.45) is -7.18. The van der Waals surface area contributed by atoms with Gasteiger partial charge in [-0.05, 0) is 264 Å². The number of alkyl halides is 12. The average Bonchev–Trinajstić information content (AvgIpc) is 1.53. The predicted octanol–water partition coefficient (Wildman–Crippen LogP) is 34.7. The van der Waals surface area contributed by atoms with Gasteiger partial charge in [-0.3, -0.25) is 5.56 Å². The number of imidazole rings is 2. The number of halogens is 14. The second kappa shape index (κ2) is 75.4. The topological polar surface area (TPSA) is 146 Å². The van der Waals surface area contributed by atoms with Gasteiger partial charge in [0.2, 0.25) is 22.4 Å². The van der Waals surface area contributed by atoms with Crippen molar-refractivity contribution in [2.45, 2.75) is 350 Å². The van der Waals surface area contributed by atoms with Crippen LogP contribution in [0, 0.1) is 252 Å². The van der Waals surface area contributed by atoms with Crippen LogP contribution < -0.4 is 0 Å². The molecular weight excluding hydrogens is 3200 g/mol. The zero-order valence-electron chi connectivity index (χ0n) is 93.7. The molecule has 4 N–H and O–H groups in total. The summed E-state index contributed by atoms with van der Waals surface area (Å²) in [7, 11) is 6.00. The number of aliphatic carboxylic acids is 1. The molecule has 14 rings (SSSR count). The third kappa shape index (κ3) is 39.1. The Labute approximate surface area is 1010 Å². The summed E-state index contributed by atoms with van der Waals surface area (Å²) in [6.45, 7) is 82.0. The molecule has 8 aromatic carbocycles. The van der Waals surface area contributed by atoms with Gasteiger partial charge in [0.25, 0.3) is 0 Å². The van der Waals surface area contributed by atoms with Crippen molar-refractivity contribution in [1.82, 2.24) is 20.4 Å². The molecule has 144 heavy (non-hydrogen) atoms. The fourth-order valence-electron chi connectivity index (χ4n) is 15.7. The number of rotatable bonds is 5. The largest absolute Gasteiger partial charge is 0.480 e. The van der Waals surface area contributed by atoms with E-state index in [1.54, 1.807) is 134 Å². The molecule has 0 amide bonds. The van der Waals surface area contributed by atoms with Crippen molar-refractivity contribution in [3.8, 4) is 44.5 Å². The van der Waals surface area contributed by atoms with Crippen molar-refractivity contribution in [3.05, 3.63) is 268 Å². The molecule has 2 aromatic heterocycles. The van der Waals surface area contributed by atoms with E-state index in [9.17, 15) is 72.8 Å². The normalized spacial score (nSPS) is 14.6. The Morgan fingerprint density at radius 1 is 0.347 bits per heavy atom. The van der Waals surface area contributed by atoms with E-state index in [4.69, 9.17) is 9.84 Å². The number of carboxylic acid groups (broad SMARTS) is 1. The molecule has 10 aromatic rings. The molecule has 11 nitrogen and oxygen atoms in total. The Balaban J connectivity index is -0.000000180. The quantitative estimate of drug-likeness (QED) is 0.0751. The van der Waals surface area contributed by atoms with E-state index in [0.29, 0.717) is 79.6 Å². The minimum absolute atomic E-state index is 0. The number of aliphatic hydroxyl groups is 3. The van der Waals surface area contributed by atoms with Gasteiger partial charge in [-0.25, -0.2) is 14.8 Å². The Morgan fingerprint density at radius 2 is 0.542 bits per heavy atom. The number of carbonyl (C=O) groups is 1. The smallest absolute Gasteiger partial charge is 0.426 e. The average molecular weight is 3370 g/mol. The molecule has 0 saturated carbocycles. The van der Waals surface area contributed by atoms with E-state index in [1.807, 2.05) is 217 Å². The van der Waals surface area contributed by atoms with E-state index >= 15 is 0 Å². The molecule has 33 heteroatoms. The first-order valence-electron chi connectivity index (χ1n) is 48.3. The van der Waals surface area contributed by atoms with Gasteiger partial charge < -0.3 is 30.1 Å². The fraction of sp³-hybridized carbons (Fsp3) is 0.505. The second-order valence-corrected chi connectivity index (χ2v) is 35.7. The van der Waals surface area contributed by atoms with E-state index in [0.717, 1.165) is 86.9 Å². The minimum atomic E-state index is -4.82. The Bertz CT molecular complexity index is 5140. The standard InChI is InChI=1S/C20H19F3O3.2C19H19F3O.C18H17F3O.3C3H9B.2C3H3IN2.C3H9N.8C2H6.CH4.5U/c1-10-11(2)13(4)18-17(12(10)3)14-7-5-6-8-15(14)19(18,20(21,22)23)26-9-16(24)25;2*1-5-13-11(3)10(2)12(4)17-16(13)14-8-6-7-9-15(14)18(17,23)19(20,21)22;1-9-10(2)12(4)16-15(11(9)3)13-7-5-6-8-14(13)17(16,22)18(19,20)21;3*1-4(2)3;2*4-6-2-1-5-3-6;1-4(2)3;8*1-2;;;;;;/h5-8H,9H2,1-4H3,(H,24,25);2*6-9,23H,5H2,1-4H3;5-8,22H,1-4H3;3*1-3H3;2*1-3H;1-3H3;8*1-2H3;1H4;;;;;. The molecule has 2 heterocycles. The zero-order chi connectivity index (χ0) is 109. The summed E-state index contributed by atoms with van der Waals surface area (Å²) in [5.74, 6) is -1.45. The molecular formula is C111H168B3F12I2N5O6U5. The maximum absolute atomic E-state index is 14.4. The molecule has 4 unspecified atom stereocenters. The van der Waals surface area contributed by atoms with Crippen molar-refractivity contribution in [2.24, 2.45) is 0 Å². The van der Waals surface area contributed by atoms with Crippen molar-refractivity contribution in [1.29, 1.82) is 0 Å². The number of hydrogen-bond donors (Lipinski definition) is 4. The summed E-state index contributed by atoms with van der Waals surface area (Å²) in [6, 6.07) is 25.1. The van der Waals surface area contributed by atoms with E-state index in [1.165, 1.54) is 36.4 Å². The maximum atomic E-state index is 14.4. The predicted molar refractivity (Wildman–Crippen MR) is 591 cm³/mol. The summed E-state index contributed by atoms with van der Waals surface area (Å²) in [5, 5.41) is 41.4. The van der Waals surface area contributed by atoms with Gasteiger partial charge in [-0.1, -0.05) is 291 Å². The van der Waals surface area contributed by atoms with Crippen molar-refractivity contribution in [3.63, 3.8) is 0 Å². The van der Waals surface area contributed by atoms with Gasteiger partial charge >= 0.3 is 30.7 Å². The SMILES string of the molecule is C.CB(C)C.CB(C)C.CB(C)C.CC.CC.CC.CC.CC.CC.CC.CC.CCc1c(C)c(C)c(C)c2c1-c1ccccc1C2(O)C(F)(F)F.CCc1c(C)c(C)c(C)c2c1-c1ccccc1C2(O)C(F)(F)F.CN(C)C.Cc1c(C)c(C)c2c(c1C)-c1ccccc1C2(O)C(F)(F)F.Cc1c(C)c(C)c2c(c1C)-c1ccccc1C2(OCC(=O)O)C(F)(F)F.In1ccnc1.In1ccnc1.[U].[U].[U].[U].[U]. The number of hydrogen-bond acceptors (Lipinski definition) is 8. The van der Waals surface area contributed by atoms with E-state index in [-0.39, 0.29) is 208 Å². The zero-order valence-corrected chi connectivity index (χ0v) is 119. The third-order valence-corrected chi connectivity index (χ3v) is 23.0. The Morgan fingerprint density at radius 3 is 0.743 bits per heavy atom. The first-order chi connectivity index (χ1) is 64.2. The summed E-state index contributed by atoms with van der Waals surface area (Å²) >= 11 is 4.26. The number of aromatic nitrogens is 4. The molecule has 800 valence electrons. The van der Waals surface area contributed by atoms with Gasteiger partial charge in [0.15, 0.2) is 0 Å². The molecule has 0 spiro atoms. The molecule has 4 aliphatic carbocycles. The van der Waals surface area contributed by atoms with E-state index < -0.39 is 59.7 Å². The summed E-state index contributed by atoms with van der Waals surface area (Å²) < 4.78 is 177. The molecule has 0 radical (unpaired) electrons. The molecule has 4 atom stereocenters. The molecule has 0 aliphatic heterocycles. The number of benzene rings is 8. The van der Waals surface area contributed by atoms with Crippen LogP contribution in [-0.2, 0) is 44.8 Å². The number of carboxylic acids is 1. The van der Waals surface area contributed by atoms with Crippen LogP contribution in [0.2, 0.25) is 61.4 Å². The first-order valence-corrected chi connectivity index (χ1v) is 50.2. The van der Waals surface area contributed by atoms with Crippen molar-refractivity contribution in [2.75, 3.05) is 27.7 Å². The summed E-state index contributed by atoms with van der Waals surface area (Å²) in [5.41, 5.74) is 4.59. The molecule has 0 saturated heterocycles. The number of nitrogens with zero attached hydrogens (tertiary/aromatic N) is 5. The number of ether oxygens (including phenoxy) is 1. The second-order valence-electron chi connectivity index (χ2n) is 33.4. The molecule has 0 fully saturated rings. The van der Waals surface area contributed by atoms with Crippen LogP contribution in [-0.4, -0.2) is 119 Å². The van der Waals surface area contributed by atoms with Crippen molar-refractivity contribution < 1.29 is 238 Å². The van der Waals surface area contributed by atoms with Gasteiger partial charge in [0.05, 0.1) is 45.7 Å². The first kappa shape index (κ1) is 162. The van der Waals surface area contributed by atoms with Crippen LogP contribution in [0.15, 0.2) is 135 Å². The van der Waals surface area contributed by atoms with Crippen molar-refractivity contribution >= 4 is 71.8 Å².